The molecule has 0 saturated carbocycles. The standard InChI is InChI=1S/C13H13N3O2/c1-2-9(8-14)15-13(17)7-11-10-5-3-4-6-12(10)18-16-11/h3-6,9H,2,7H2,1H3,(H,15,17). The quantitative estimate of drug-likeness (QED) is 0.887. The van der Waals surface area contributed by atoms with E-state index in [0.717, 1.165) is 5.39 Å². The van der Waals surface area contributed by atoms with Crippen LogP contribution in [0.3, 0.4) is 0 Å². The predicted octanol–water partition coefficient (Wildman–Crippen LogP) is 1.79. The van der Waals surface area contributed by atoms with Crippen molar-refractivity contribution in [1.82, 2.24) is 10.5 Å². The van der Waals surface area contributed by atoms with Crippen molar-refractivity contribution in [2.45, 2.75) is 25.8 Å². The minimum Gasteiger partial charge on any atom is -0.356 e. The number of nitrogens with zero attached hydrogens (tertiary/aromatic N) is 2. The molecule has 1 amide bonds. The molecule has 0 fully saturated rings. The zero-order valence-electron chi connectivity index (χ0n) is 10.0. The van der Waals surface area contributed by atoms with Crippen LogP contribution in [0.1, 0.15) is 19.0 Å². The van der Waals surface area contributed by atoms with Crippen molar-refractivity contribution in [3.05, 3.63) is 30.0 Å². The van der Waals surface area contributed by atoms with Crippen LogP contribution >= 0.6 is 0 Å². The second-order valence-electron chi connectivity index (χ2n) is 3.96. The summed E-state index contributed by atoms with van der Waals surface area (Å²) in [5.41, 5.74) is 1.25. The van der Waals surface area contributed by atoms with E-state index in [4.69, 9.17) is 9.78 Å². The van der Waals surface area contributed by atoms with Crippen LogP contribution < -0.4 is 5.32 Å². The molecule has 1 N–H and O–H groups in total. The Morgan fingerprint density at radius 3 is 3.06 bits per heavy atom. The zero-order chi connectivity index (χ0) is 13.0. The first-order valence-electron chi connectivity index (χ1n) is 5.77. The lowest BCUT2D eigenvalue weighted by molar-refractivity contribution is -0.120. The normalized spacial score (nSPS) is 12.0. The number of carbonyl (C=O) groups excluding carboxylic acids is 1. The molecule has 0 aliphatic rings. The van der Waals surface area contributed by atoms with E-state index in [1.54, 1.807) is 6.07 Å². The second kappa shape index (κ2) is 5.32. The van der Waals surface area contributed by atoms with Gasteiger partial charge in [-0.05, 0) is 18.6 Å². The highest BCUT2D eigenvalue weighted by Crippen LogP contribution is 2.17. The average Bonchev–Trinajstić information content (AvgIpc) is 2.79. The number of nitrogens with one attached hydrogen (secondary N) is 1. The molecule has 2 rings (SSSR count). The van der Waals surface area contributed by atoms with Gasteiger partial charge in [-0.15, -0.1) is 0 Å². The van der Waals surface area contributed by atoms with Crippen molar-refractivity contribution in [3.63, 3.8) is 0 Å². The van der Waals surface area contributed by atoms with Gasteiger partial charge in [0.2, 0.25) is 5.91 Å². The lowest BCUT2D eigenvalue weighted by Crippen LogP contribution is -2.34. The van der Waals surface area contributed by atoms with Crippen LogP contribution in [0, 0.1) is 11.3 Å². The fraction of sp³-hybridized carbons (Fsp3) is 0.308. The fourth-order valence-corrected chi connectivity index (χ4v) is 1.69. The van der Waals surface area contributed by atoms with E-state index in [1.807, 2.05) is 31.2 Å². The number of hydrogen-bond acceptors (Lipinski definition) is 4. The molecule has 0 aliphatic carbocycles. The maximum absolute atomic E-state index is 11.7. The molecule has 0 saturated heterocycles. The van der Waals surface area contributed by atoms with Gasteiger partial charge in [0.1, 0.15) is 11.7 Å². The Bertz CT molecular complexity index is 598. The summed E-state index contributed by atoms with van der Waals surface area (Å²) in [7, 11) is 0. The van der Waals surface area contributed by atoms with E-state index in [0.29, 0.717) is 17.7 Å². The van der Waals surface area contributed by atoms with Crippen LogP contribution in [0.25, 0.3) is 11.0 Å². The Morgan fingerprint density at radius 1 is 1.56 bits per heavy atom. The average molecular weight is 243 g/mol. The Kier molecular flexibility index (Phi) is 3.58. The number of carbonyl (C=O) groups is 1. The first-order valence-corrected chi connectivity index (χ1v) is 5.77. The Balaban J connectivity index is 2.10. The molecule has 1 aromatic carbocycles. The minimum absolute atomic E-state index is 0.120. The number of nitriles is 1. The molecule has 1 aromatic heterocycles. The number of fused-ring (bicyclic) bond motifs is 1. The zero-order valence-corrected chi connectivity index (χ0v) is 10.0. The molecule has 2 aromatic rings. The van der Waals surface area contributed by atoms with E-state index < -0.39 is 6.04 Å². The van der Waals surface area contributed by atoms with Crippen LogP contribution in [0.15, 0.2) is 28.8 Å². The highest BCUT2D eigenvalue weighted by atomic mass is 16.5. The molecular formula is C13H13N3O2. The molecule has 1 heterocycles. The summed E-state index contributed by atoms with van der Waals surface area (Å²) in [6, 6.07) is 8.95. The molecule has 0 radical (unpaired) electrons. The van der Waals surface area contributed by atoms with Crippen LogP contribution in [0.2, 0.25) is 0 Å². The molecular weight excluding hydrogens is 230 g/mol. The lowest BCUT2D eigenvalue weighted by Gasteiger charge is -2.07. The van der Waals surface area contributed by atoms with Crippen molar-refractivity contribution in [2.24, 2.45) is 0 Å². The SMILES string of the molecule is CCC(C#N)NC(=O)Cc1noc2ccccc12. The van der Waals surface area contributed by atoms with Gasteiger partial charge in [-0.25, -0.2) is 0 Å². The highest BCUT2D eigenvalue weighted by Gasteiger charge is 2.14. The van der Waals surface area contributed by atoms with Crippen LogP contribution in [-0.2, 0) is 11.2 Å². The summed E-state index contributed by atoms with van der Waals surface area (Å²) in [4.78, 5) is 11.7. The van der Waals surface area contributed by atoms with Crippen LogP contribution in [0.5, 0.6) is 0 Å². The molecule has 92 valence electrons. The maximum atomic E-state index is 11.7. The molecule has 0 aliphatic heterocycles. The van der Waals surface area contributed by atoms with Crippen molar-refractivity contribution in [2.75, 3.05) is 0 Å². The van der Waals surface area contributed by atoms with E-state index in [1.165, 1.54) is 0 Å². The van der Waals surface area contributed by atoms with Gasteiger partial charge in [0.25, 0.3) is 0 Å². The van der Waals surface area contributed by atoms with Crippen molar-refractivity contribution in [1.29, 1.82) is 5.26 Å². The first-order chi connectivity index (χ1) is 8.74. The highest BCUT2D eigenvalue weighted by molar-refractivity contribution is 5.86. The number of rotatable bonds is 4. The Morgan fingerprint density at radius 2 is 2.33 bits per heavy atom. The molecule has 18 heavy (non-hydrogen) atoms. The van der Waals surface area contributed by atoms with E-state index in [2.05, 4.69) is 10.5 Å². The third-order valence-electron chi connectivity index (χ3n) is 2.68. The molecule has 1 unspecified atom stereocenters. The van der Waals surface area contributed by atoms with E-state index >= 15 is 0 Å². The molecule has 0 bridgehead atoms. The maximum Gasteiger partial charge on any atom is 0.227 e. The van der Waals surface area contributed by atoms with Gasteiger partial charge in [0, 0.05) is 5.39 Å². The summed E-state index contributed by atoms with van der Waals surface area (Å²) in [5, 5.41) is 16.1. The summed E-state index contributed by atoms with van der Waals surface area (Å²) < 4.78 is 5.11. The summed E-state index contributed by atoms with van der Waals surface area (Å²) >= 11 is 0. The van der Waals surface area contributed by atoms with Gasteiger partial charge in [-0.3, -0.25) is 4.79 Å². The van der Waals surface area contributed by atoms with Crippen LogP contribution in [-0.4, -0.2) is 17.1 Å². The van der Waals surface area contributed by atoms with Gasteiger partial charge in [0.15, 0.2) is 5.58 Å². The summed E-state index contributed by atoms with van der Waals surface area (Å²) in [5.74, 6) is -0.220. The second-order valence-corrected chi connectivity index (χ2v) is 3.96. The fourth-order valence-electron chi connectivity index (χ4n) is 1.69. The van der Waals surface area contributed by atoms with E-state index in [-0.39, 0.29) is 12.3 Å². The van der Waals surface area contributed by atoms with Gasteiger partial charge >= 0.3 is 0 Å². The number of amides is 1. The van der Waals surface area contributed by atoms with Gasteiger partial charge in [-0.1, -0.05) is 24.2 Å². The molecule has 0 spiro atoms. The van der Waals surface area contributed by atoms with Crippen molar-refractivity contribution >= 4 is 16.9 Å². The predicted molar refractivity (Wildman–Crippen MR) is 65.5 cm³/mol. The number of benzene rings is 1. The van der Waals surface area contributed by atoms with Gasteiger partial charge < -0.3 is 9.84 Å². The van der Waals surface area contributed by atoms with Crippen molar-refractivity contribution < 1.29 is 9.32 Å². The topological polar surface area (TPSA) is 78.9 Å². The molecule has 1 atom stereocenters. The summed E-state index contributed by atoms with van der Waals surface area (Å²) in [6.45, 7) is 1.85. The third-order valence-corrected chi connectivity index (χ3v) is 2.68. The van der Waals surface area contributed by atoms with Gasteiger partial charge in [0.05, 0.1) is 12.5 Å². The molecule has 5 heteroatoms. The first kappa shape index (κ1) is 12.1. The smallest absolute Gasteiger partial charge is 0.227 e. The lowest BCUT2D eigenvalue weighted by atomic mass is 10.1. The number of para-hydroxylation sites is 1. The van der Waals surface area contributed by atoms with E-state index in [9.17, 15) is 4.79 Å². The number of aromatic nitrogens is 1. The third kappa shape index (κ3) is 2.48. The van der Waals surface area contributed by atoms with Gasteiger partial charge in [-0.2, -0.15) is 5.26 Å². The Labute approximate surface area is 104 Å². The number of hydrogen-bond donors (Lipinski definition) is 1. The largest absolute Gasteiger partial charge is 0.356 e. The minimum atomic E-state index is -0.448. The van der Waals surface area contributed by atoms with Crippen LogP contribution in [0.4, 0.5) is 0 Å². The molecule has 5 nitrogen and oxygen atoms in total. The monoisotopic (exact) mass is 243 g/mol. The summed E-state index contributed by atoms with van der Waals surface area (Å²) in [6.07, 6.45) is 0.705. The van der Waals surface area contributed by atoms with Crippen molar-refractivity contribution in [3.8, 4) is 6.07 Å². The Hall–Kier alpha value is -2.35.